The van der Waals surface area contributed by atoms with Crippen molar-refractivity contribution < 1.29 is 0 Å². The number of hydrogen-bond donors (Lipinski definition) is 1. The number of nitrogens with one attached hydrogen (secondary N) is 1. The van der Waals surface area contributed by atoms with Crippen LogP contribution in [0, 0.1) is 0 Å². The van der Waals surface area contributed by atoms with Gasteiger partial charge in [-0.3, -0.25) is 0 Å². The lowest BCUT2D eigenvalue weighted by Gasteiger charge is -2.19. The standard InChI is InChI=1S/C17H24N4/c1-20(2)12-9-18-15-6-5-14-7-8-19-17(16(14)13-15)21-10-3-4-11-21/h5-8,13,18H,3-4,9-12H2,1-2H3. The molecule has 0 spiro atoms. The predicted octanol–water partition coefficient (Wildman–Crippen LogP) is 2.81. The highest BCUT2D eigenvalue weighted by molar-refractivity contribution is 5.94. The van der Waals surface area contributed by atoms with Crippen LogP contribution in [0.25, 0.3) is 10.8 Å². The molecule has 1 aliphatic heterocycles. The van der Waals surface area contributed by atoms with E-state index >= 15 is 0 Å². The van der Waals surface area contributed by atoms with Gasteiger partial charge in [0, 0.05) is 43.4 Å². The molecule has 112 valence electrons. The van der Waals surface area contributed by atoms with Crippen LogP contribution in [-0.2, 0) is 0 Å². The van der Waals surface area contributed by atoms with Crippen LogP contribution in [-0.4, -0.2) is 50.2 Å². The van der Waals surface area contributed by atoms with Gasteiger partial charge in [-0.15, -0.1) is 0 Å². The minimum Gasteiger partial charge on any atom is -0.384 e. The van der Waals surface area contributed by atoms with Gasteiger partial charge in [0.05, 0.1) is 0 Å². The first-order valence-corrected chi connectivity index (χ1v) is 7.76. The van der Waals surface area contributed by atoms with E-state index in [-0.39, 0.29) is 0 Å². The average Bonchev–Trinajstić information content (AvgIpc) is 3.00. The zero-order valence-electron chi connectivity index (χ0n) is 13.0. The lowest BCUT2D eigenvalue weighted by atomic mass is 10.1. The van der Waals surface area contributed by atoms with Crippen LogP contribution < -0.4 is 10.2 Å². The molecule has 0 saturated carbocycles. The molecule has 0 bridgehead atoms. The summed E-state index contributed by atoms with van der Waals surface area (Å²) in [7, 11) is 4.19. The van der Waals surface area contributed by atoms with Crippen LogP contribution in [0.15, 0.2) is 30.5 Å². The Labute approximate surface area is 126 Å². The minimum absolute atomic E-state index is 0.956. The molecule has 1 aliphatic rings. The van der Waals surface area contributed by atoms with Crippen molar-refractivity contribution in [2.45, 2.75) is 12.8 Å². The highest BCUT2D eigenvalue weighted by Crippen LogP contribution is 2.29. The molecule has 1 saturated heterocycles. The molecule has 2 aromatic rings. The summed E-state index contributed by atoms with van der Waals surface area (Å²) in [6.45, 7) is 4.25. The monoisotopic (exact) mass is 284 g/mol. The molecule has 1 aromatic heterocycles. The quantitative estimate of drug-likeness (QED) is 0.915. The van der Waals surface area contributed by atoms with Gasteiger partial charge >= 0.3 is 0 Å². The number of nitrogens with zero attached hydrogens (tertiary/aromatic N) is 3. The van der Waals surface area contributed by atoms with Gasteiger partial charge in [0.15, 0.2) is 0 Å². The van der Waals surface area contributed by atoms with E-state index in [1.807, 2.05) is 6.20 Å². The molecule has 0 aliphatic carbocycles. The molecule has 1 aromatic carbocycles. The van der Waals surface area contributed by atoms with Crippen LogP contribution in [0.4, 0.5) is 11.5 Å². The van der Waals surface area contributed by atoms with Crippen molar-refractivity contribution >= 4 is 22.3 Å². The van der Waals surface area contributed by atoms with Crippen molar-refractivity contribution in [2.75, 3.05) is 50.5 Å². The summed E-state index contributed by atoms with van der Waals surface area (Å²) in [5, 5.41) is 6.03. The topological polar surface area (TPSA) is 31.4 Å². The molecule has 3 rings (SSSR count). The average molecular weight is 284 g/mol. The third kappa shape index (κ3) is 3.27. The summed E-state index contributed by atoms with van der Waals surface area (Å²) in [6.07, 6.45) is 4.48. The van der Waals surface area contributed by atoms with E-state index < -0.39 is 0 Å². The van der Waals surface area contributed by atoms with Crippen molar-refractivity contribution in [3.8, 4) is 0 Å². The lowest BCUT2D eigenvalue weighted by molar-refractivity contribution is 0.425. The van der Waals surface area contributed by atoms with Crippen LogP contribution in [0.5, 0.6) is 0 Å². The van der Waals surface area contributed by atoms with Gasteiger partial charge in [-0.2, -0.15) is 0 Å². The van der Waals surface area contributed by atoms with Gasteiger partial charge < -0.3 is 15.1 Å². The fraction of sp³-hybridized carbons (Fsp3) is 0.471. The molecule has 0 amide bonds. The Hall–Kier alpha value is -1.81. The molecule has 0 radical (unpaired) electrons. The summed E-state index contributed by atoms with van der Waals surface area (Å²) in [6, 6.07) is 8.69. The summed E-state index contributed by atoms with van der Waals surface area (Å²) in [5.74, 6) is 1.14. The first-order valence-electron chi connectivity index (χ1n) is 7.76. The number of anilines is 2. The molecule has 0 unspecified atom stereocenters. The van der Waals surface area contributed by atoms with Crippen LogP contribution >= 0.6 is 0 Å². The van der Waals surface area contributed by atoms with E-state index in [0.717, 1.165) is 32.0 Å². The number of likely N-dealkylation sites (N-methyl/N-ethyl adjacent to an activating group) is 1. The summed E-state index contributed by atoms with van der Waals surface area (Å²) in [5.41, 5.74) is 1.18. The largest absolute Gasteiger partial charge is 0.384 e. The first kappa shape index (κ1) is 14.1. The molecule has 0 atom stereocenters. The second kappa shape index (κ2) is 6.31. The maximum absolute atomic E-state index is 4.63. The zero-order chi connectivity index (χ0) is 14.7. The van der Waals surface area contributed by atoms with E-state index in [1.54, 1.807) is 0 Å². The number of fused-ring (bicyclic) bond motifs is 1. The molecule has 4 heteroatoms. The highest BCUT2D eigenvalue weighted by Gasteiger charge is 2.16. The van der Waals surface area contributed by atoms with E-state index in [9.17, 15) is 0 Å². The van der Waals surface area contributed by atoms with Gasteiger partial charge in [-0.1, -0.05) is 6.07 Å². The zero-order valence-corrected chi connectivity index (χ0v) is 13.0. The third-order valence-corrected chi connectivity index (χ3v) is 4.04. The molecule has 1 N–H and O–H groups in total. The van der Waals surface area contributed by atoms with Crippen molar-refractivity contribution in [1.29, 1.82) is 0 Å². The second-order valence-electron chi connectivity index (χ2n) is 5.99. The van der Waals surface area contributed by atoms with Gasteiger partial charge in [-0.05, 0) is 50.5 Å². The fourth-order valence-corrected chi connectivity index (χ4v) is 2.87. The van der Waals surface area contributed by atoms with Gasteiger partial charge in [0.1, 0.15) is 5.82 Å². The van der Waals surface area contributed by atoms with Crippen molar-refractivity contribution in [3.05, 3.63) is 30.5 Å². The lowest BCUT2D eigenvalue weighted by Crippen LogP contribution is -2.21. The van der Waals surface area contributed by atoms with Gasteiger partial charge in [0.25, 0.3) is 0 Å². The minimum atomic E-state index is 0.956. The summed E-state index contributed by atoms with van der Waals surface area (Å²) in [4.78, 5) is 9.22. The number of benzene rings is 1. The Morgan fingerprint density at radius 1 is 1.19 bits per heavy atom. The molecular weight excluding hydrogens is 260 g/mol. The SMILES string of the molecule is CN(C)CCNc1ccc2ccnc(N3CCCC3)c2c1. The van der Waals surface area contributed by atoms with Crippen LogP contribution in [0.2, 0.25) is 0 Å². The number of hydrogen-bond acceptors (Lipinski definition) is 4. The molecule has 21 heavy (non-hydrogen) atoms. The normalized spacial score (nSPS) is 15.1. The first-order chi connectivity index (χ1) is 10.2. The van der Waals surface area contributed by atoms with E-state index in [0.29, 0.717) is 0 Å². The van der Waals surface area contributed by atoms with Crippen LogP contribution in [0.1, 0.15) is 12.8 Å². The number of aromatic nitrogens is 1. The summed E-state index contributed by atoms with van der Waals surface area (Å²) >= 11 is 0. The molecule has 1 fully saturated rings. The Balaban J connectivity index is 1.86. The Bertz CT molecular complexity index is 603. The Morgan fingerprint density at radius 3 is 2.76 bits per heavy atom. The second-order valence-corrected chi connectivity index (χ2v) is 5.99. The Morgan fingerprint density at radius 2 is 2.00 bits per heavy atom. The number of pyridine rings is 1. The highest BCUT2D eigenvalue weighted by atomic mass is 15.2. The third-order valence-electron chi connectivity index (χ3n) is 4.04. The number of rotatable bonds is 5. The maximum Gasteiger partial charge on any atom is 0.136 e. The van der Waals surface area contributed by atoms with Crippen molar-refractivity contribution in [2.24, 2.45) is 0 Å². The molecular formula is C17H24N4. The fourth-order valence-electron chi connectivity index (χ4n) is 2.87. The van der Waals surface area contributed by atoms with E-state index in [1.165, 1.54) is 29.3 Å². The van der Waals surface area contributed by atoms with Crippen molar-refractivity contribution in [3.63, 3.8) is 0 Å². The summed E-state index contributed by atoms with van der Waals surface area (Å²) < 4.78 is 0. The maximum atomic E-state index is 4.63. The van der Waals surface area contributed by atoms with Gasteiger partial charge in [-0.25, -0.2) is 4.98 Å². The van der Waals surface area contributed by atoms with Gasteiger partial charge in [0.2, 0.25) is 0 Å². The van der Waals surface area contributed by atoms with E-state index in [2.05, 4.69) is 58.5 Å². The predicted molar refractivity (Wildman–Crippen MR) is 90.2 cm³/mol. The molecule has 2 heterocycles. The Kier molecular flexibility index (Phi) is 4.25. The van der Waals surface area contributed by atoms with Crippen molar-refractivity contribution in [1.82, 2.24) is 9.88 Å². The van der Waals surface area contributed by atoms with Crippen LogP contribution in [0.3, 0.4) is 0 Å². The smallest absolute Gasteiger partial charge is 0.136 e. The van der Waals surface area contributed by atoms with E-state index in [4.69, 9.17) is 0 Å². The molecule has 4 nitrogen and oxygen atoms in total.